The largest absolute Gasteiger partial charge is 0.464 e. The Labute approximate surface area is 86.3 Å². The van der Waals surface area contributed by atoms with E-state index in [4.69, 9.17) is 10.1 Å². The summed E-state index contributed by atoms with van der Waals surface area (Å²) in [5.41, 5.74) is 0. The second kappa shape index (κ2) is 4.45. The zero-order valence-corrected chi connectivity index (χ0v) is 8.89. The third-order valence-corrected chi connectivity index (χ3v) is 2.76. The first-order chi connectivity index (χ1) is 6.57. The summed E-state index contributed by atoms with van der Waals surface area (Å²) in [5, 5.41) is 7.57. The lowest BCUT2D eigenvalue weighted by Crippen LogP contribution is -2.43. The first-order valence-corrected chi connectivity index (χ1v) is 5.24. The van der Waals surface area contributed by atoms with Crippen LogP contribution in [0.25, 0.3) is 0 Å². The van der Waals surface area contributed by atoms with E-state index in [9.17, 15) is 9.59 Å². The summed E-state index contributed by atoms with van der Waals surface area (Å²) in [6.07, 6.45) is 0. The van der Waals surface area contributed by atoms with E-state index in [1.54, 1.807) is 6.92 Å². The molecule has 0 aromatic heterocycles. The number of hydrogen-bond donors (Lipinski definition) is 1. The third kappa shape index (κ3) is 2.06. The molecule has 1 saturated heterocycles. The van der Waals surface area contributed by atoms with Crippen molar-refractivity contribution in [3.63, 3.8) is 0 Å². The predicted octanol–water partition coefficient (Wildman–Crippen LogP) is 0.448. The van der Waals surface area contributed by atoms with E-state index < -0.39 is 12.0 Å². The van der Waals surface area contributed by atoms with Crippen molar-refractivity contribution in [2.24, 2.45) is 0 Å². The summed E-state index contributed by atoms with van der Waals surface area (Å²) in [7, 11) is 0. The fraction of sp³-hybridized carbons (Fsp3) is 0.625. The number of hydrogen-bond acceptors (Lipinski definition) is 5. The van der Waals surface area contributed by atoms with Crippen LogP contribution in [0.15, 0.2) is 0 Å². The van der Waals surface area contributed by atoms with Crippen LogP contribution in [0.2, 0.25) is 0 Å². The molecule has 1 aliphatic rings. The van der Waals surface area contributed by atoms with Crippen LogP contribution in [0.3, 0.4) is 0 Å². The standard InChI is InChI=1S/C8H12N2O3S/c1-3-13-7(12)6-4-14-8(9)10(6)5(2)11/h6,9H,3-4H2,1-2H3/t6-/m1/s1. The van der Waals surface area contributed by atoms with E-state index in [1.807, 2.05) is 0 Å². The Balaban J connectivity index is 2.74. The van der Waals surface area contributed by atoms with Crippen molar-refractivity contribution < 1.29 is 14.3 Å². The van der Waals surface area contributed by atoms with Gasteiger partial charge < -0.3 is 4.74 Å². The smallest absolute Gasteiger partial charge is 0.330 e. The number of amides is 1. The number of carbonyl (C=O) groups is 2. The van der Waals surface area contributed by atoms with Crippen LogP contribution in [0.5, 0.6) is 0 Å². The van der Waals surface area contributed by atoms with Crippen LogP contribution in [0.1, 0.15) is 13.8 Å². The highest BCUT2D eigenvalue weighted by Gasteiger charge is 2.38. The van der Waals surface area contributed by atoms with Crippen molar-refractivity contribution in [1.29, 1.82) is 5.41 Å². The molecule has 5 nitrogen and oxygen atoms in total. The van der Waals surface area contributed by atoms with Crippen LogP contribution in [0, 0.1) is 5.41 Å². The second-order valence-corrected chi connectivity index (χ2v) is 3.78. The van der Waals surface area contributed by atoms with E-state index in [2.05, 4.69) is 0 Å². The molecule has 0 spiro atoms. The highest BCUT2D eigenvalue weighted by atomic mass is 32.2. The molecule has 0 aromatic rings. The van der Waals surface area contributed by atoms with Gasteiger partial charge in [-0.3, -0.25) is 15.1 Å². The molecule has 0 radical (unpaired) electrons. The molecule has 0 bridgehead atoms. The van der Waals surface area contributed by atoms with Gasteiger partial charge in [0.15, 0.2) is 5.17 Å². The number of carbonyl (C=O) groups excluding carboxylic acids is 2. The van der Waals surface area contributed by atoms with E-state index in [0.29, 0.717) is 12.4 Å². The molecule has 1 aliphatic heterocycles. The summed E-state index contributed by atoms with van der Waals surface area (Å²) in [6, 6.07) is -0.620. The van der Waals surface area contributed by atoms with Crippen molar-refractivity contribution >= 4 is 28.8 Å². The summed E-state index contributed by atoms with van der Waals surface area (Å²) in [4.78, 5) is 23.7. The van der Waals surface area contributed by atoms with Gasteiger partial charge in [0.25, 0.3) is 0 Å². The Bertz CT molecular complexity index is 280. The van der Waals surface area contributed by atoms with E-state index in [-0.39, 0.29) is 11.1 Å². The minimum atomic E-state index is -0.620. The van der Waals surface area contributed by atoms with Gasteiger partial charge in [-0.05, 0) is 6.92 Å². The maximum Gasteiger partial charge on any atom is 0.330 e. The lowest BCUT2D eigenvalue weighted by molar-refractivity contribution is -0.150. The molecule has 1 N–H and O–H groups in total. The number of nitrogens with zero attached hydrogens (tertiary/aromatic N) is 1. The van der Waals surface area contributed by atoms with Gasteiger partial charge in [0.1, 0.15) is 6.04 Å². The van der Waals surface area contributed by atoms with Crippen molar-refractivity contribution in [3.8, 4) is 0 Å². The number of thioether (sulfide) groups is 1. The van der Waals surface area contributed by atoms with Gasteiger partial charge in [-0.15, -0.1) is 0 Å². The number of nitrogens with one attached hydrogen (secondary N) is 1. The first-order valence-electron chi connectivity index (χ1n) is 4.25. The highest BCUT2D eigenvalue weighted by Crippen LogP contribution is 2.23. The Kier molecular flexibility index (Phi) is 3.51. The van der Waals surface area contributed by atoms with Crippen molar-refractivity contribution in [2.45, 2.75) is 19.9 Å². The van der Waals surface area contributed by atoms with E-state index in [1.165, 1.54) is 23.6 Å². The molecule has 6 heteroatoms. The van der Waals surface area contributed by atoms with Gasteiger partial charge in [-0.2, -0.15) is 0 Å². The first kappa shape index (κ1) is 11.0. The number of esters is 1. The summed E-state index contributed by atoms with van der Waals surface area (Å²) < 4.78 is 4.81. The van der Waals surface area contributed by atoms with Crippen molar-refractivity contribution in [3.05, 3.63) is 0 Å². The second-order valence-electron chi connectivity index (χ2n) is 2.77. The number of ether oxygens (including phenoxy) is 1. The molecule has 0 aliphatic carbocycles. The Morgan fingerprint density at radius 2 is 2.36 bits per heavy atom. The van der Waals surface area contributed by atoms with Crippen molar-refractivity contribution in [2.75, 3.05) is 12.4 Å². The quantitative estimate of drug-likeness (QED) is 0.680. The average Bonchev–Trinajstić information content (AvgIpc) is 2.47. The van der Waals surface area contributed by atoms with Crippen LogP contribution in [-0.4, -0.2) is 40.3 Å². The van der Waals surface area contributed by atoms with E-state index in [0.717, 1.165) is 0 Å². The SMILES string of the molecule is CCOC(=O)[C@H]1CSC(=N)N1C(C)=O. The van der Waals surface area contributed by atoms with Gasteiger partial charge in [0.05, 0.1) is 6.61 Å². The monoisotopic (exact) mass is 216 g/mol. The Morgan fingerprint density at radius 3 is 2.86 bits per heavy atom. The lowest BCUT2D eigenvalue weighted by Gasteiger charge is -2.19. The minimum Gasteiger partial charge on any atom is -0.464 e. The van der Waals surface area contributed by atoms with Gasteiger partial charge in [0.2, 0.25) is 5.91 Å². The normalized spacial score (nSPS) is 21.1. The molecule has 1 heterocycles. The molecule has 1 atom stereocenters. The molecule has 0 saturated carbocycles. The third-order valence-electron chi connectivity index (χ3n) is 1.81. The summed E-state index contributed by atoms with van der Waals surface area (Å²) >= 11 is 1.18. The van der Waals surface area contributed by atoms with Gasteiger partial charge >= 0.3 is 5.97 Å². The lowest BCUT2D eigenvalue weighted by atomic mass is 10.3. The molecule has 78 valence electrons. The molecule has 0 aromatic carbocycles. The number of amidine groups is 1. The molecule has 1 fully saturated rings. The Morgan fingerprint density at radius 1 is 1.71 bits per heavy atom. The zero-order chi connectivity index (χ0) is 10.7. The maximum atomic E-state index is 11.4. The molecule has 0 unspecified atom stereocenters. The molecule has 14 heavy (non-hydrogen) atoms. The zero-order valence-electron chi connectivity index (χ0n) is 8.07. The molecule has 1 rings (SSSR count). The summed E-state index contributed by atoms with van der Waals surface area (Å²) in [6.45, 7) is 3.34. The van der Waals surface area contributed by atoms with Crippen LogP contribution < -0.4 is 0 Å². The highest BCUT2D eigenvalue weighted by molar-refractivity contribution is 8.14. The van der Waals surface area contributed by atoms with Gasteiger partial charge in [-0.1, -0.05) is 11.8 Å². The van der Waals surface area contributed by atoms with Gasteiger partial charge in [-0.25, -0.2) is 4.79 Å². The van der Waals surface area contributed by atoms with Crippen molar-refractivity contribution in [1.82, 2.24) is 4.90 Å². The molecular formula is C8H12N2O3S. The average molecular weight is 216 g/mol. The fourth-order valence-electron chi connectivity index (χ4n) is 1.22. The minimum absolute atomic E-state index is 0.121. The molecular weight excluding hydrogens is 204 g/mol. The predicted molar refractivity (Wildman–Crippen MR) is 53.1 cm³/mol. The summed E-state index contributed by atoms with van der Waals surface area (Å²) in [5.74, 6) is -0.312. The Hall–Kier alpha value is -1.04. The maximum absolute atomic E-state index is 11.4. The van der Waals surface area contributed by atoms with Crippen LogP contribution in [-0.2, 0) is 14.3 Å². The number of rotatable bonds is 2. The van der Waals surface area contributed by atoms with Gasteiger partial charge in [0, 0.05) is 12.7 Å². The fourth-order valence-corrected chi connectivity index (χ4v) is 2.21. The van der Waals surface area contributed by atoms with E-state index >= 15 is 0 Å². The topological polar surface area (TPSA) is 70.5 Å². The van der Waals surface area contributed by atoms with Crippen LogP contribution >= 0.6 is 11.8 Å². The van der Waals surface area contributed by atoms with Crippen LogP contribution in [0.4, 0.5) is 0 Å². The molecule has 1 amide bonds.